The van der Waals surface area contributed by atoms with Gasteiger partial charge in [0.05, 0.1) is 17.0 Å². The van der Waals surface area contributed by atoms with E-state index in [-0.39, 0.29) is 18.3 Å². The highest BCUT2D eigenvalue weighted by atomic mass is 127. The number of halogens is 2. The van der Waals surface area contributed by atoms with Gasteiger partial charge in [-0.05, 0) is 54.6 Å². The fraction of sp³-hybridized carbons (Fsp3) is 0.333. The van der Waals surface area contributed by atoms with Crippen LogP contribution in [0.4, 0.5) is 4.39 Å². The minimum atomic E-state index is -0.610. The Bertz CT molecular complexity index is 480. The first-order valence-electron chi connectivity index (χ1n) is 5.00. The number of benzene rings is 1. The van der Waals surface area contributed by atoms with Crippen LogP contribution >= 0.6 is 22.6 Å². The molecule has 1 N–H and O–H groups in total. The molecule has 1 aromatic rings. The van der Waals surface area contributed by atoms with Gasteiger partial charge < -0.3 is 5.32 Å². The third kappa shape index (κ3) is 3.97. The number of rotatable bonds is 3. The lowest BCUT2D eigenvalue weighted by atomic mass is 9.96. The molecule has 0 aliphatic rings. The third-order valence-electron chi connectivity index (χ3n) is 2.17. The van der Waals surface area contributed by atoms with Crippen LogP contribution in [0, 0.1) is 26.1 Å². The molecule has 3 nitrogen and oxygen atoms in total. The van der Waals surface area contributed by atoms with Crippen molar-refractivity contribution in [3.05, 3.63) is 33.1 Å². The van der Waals surface area contributed by atoms with Crippen molar-refractivity contribution >= 4 is 28.5 Å². The summed E-state index contributed by atoms with van der Waals surface area (Å²) < 4.78 is 13.4. The van der Waals surface area contributed by atoms with Crippen molar-refractivity contribution in [1.82, 2.24) is 5.32 Å². The normalized spacial score (nSPS) is 10.8. The second-order valence-corrected chi connectivity index (χ2v) is 5.46. The van der Waals surface area contributed by atoms with Gasteiger partial charge in [-0.25, -0.2) is 4.39 Å². The Hall–Kier alpha value is -1.16. The van der Waals surface area contributed by atoms with Crippen molar-refractivity contribution < 1.29 is 9.18 Å². The maximum atomic E-state index is 12.9. The molecular formula is C12H12FIN2O. The van der Waals surface area contributed by atoms with E-state index in [1.165, 1.54) is 18.2 Å². The molecule has 0 bridgehead atoms. The molecule has 5 heteroatoms. The number of hydrogen-bond donors (Lipinski definition) is 1. The first-order valence-corrected chi connectivity index (χ1v) is 6.08. The summed E-state index contributed by atoms with van der Waals surface area (Å²) in [6, 6.07) is 6.07. The van der Waals surface area contributed by atoms with Gasteiger partial charge >= 0.3 is 0 Å². The zero-order valence-electron chi connectivity index (χ0n) is 9.55. The van der Waals surface area contributed by atoms with Crippen molar-refractivity contribution in [2.75, 3.05) is 6.54 Å². The molecule has 0 unspecified atom stereocenters. The first kappa shape index (κ1) is 13.9. The molecule has 90 valence electrons. The summed E-state index contributed by atoms with van der Waals surface area (Å²) in [4.78, 5) is 11.8. The number of amides is 1. The van der Waals surface area contributed by atoms with Crippen LogP contribution in [0.5, 0.6) is 0 Å². The molecule has 0 saturated heterocycles. The summed E-state index contributed by atoms with van der Waals surface area (Å²) in [6.07, 6.45) is 0. The third-order valence-corrected chi connectivity index (χ3v) is 3.06. The molecule has 1 aromatic carbocycles. The Balaban J connectivity index is 2.75. The molecule has 0 radical (unpaired) electrons. The van der Waals surface area contributed by atoms with Crippen LogP contribution in [0.15, 0.2) is 18.2 Å². The van der Waals surface area contributed by atoms with E-state index in [1.807, 2.05) is 22.6 Å². The number of carbonyl (C=O) groups excluding carboxylic acids is 1. The summed E-state index contributed by atoms with van der Waals surface area (Å²) >= 11 is 1.91. The minimum absolute atomic E-state index is 0.260. The second kappa shape index (κ2) is 5.45. The Kier molecular flexibility index (Phi) is 4.46. The van der Waals surface area contributed by atoms with Crippen molar-refractivity contribution in [2.24, 2.45) is 5.41 Å². The van der Waals surface area contributed by atoms with Crippen LogP contribution < -0.4 is 5.32 Å². The molecule has 1 rings (SSSR count). The zero-order valence-corrected chi connectivity index (χ0v) is 11.7. The molecule has 0 fully saturated rings. The highest BCUT2D eigenvalue weighted by Gasteiger charge is 2.19. The van der Waals surface area contributed by atoms with Crippen LogP contribution in [0.1, 0.15) is 24.2 Å². The molecule has 17 heavy (non-hydrogen) atoms. The van der Waals surface area contributed by atoms with Crippen LogP contribution in [0.25, 0.3) is 0 Å². The summed E-state index contributed by atoms with van der Waals surface area (Å²) in [5.74, 6) is -0.666. The van der Waals surface area contributed by atoms with E-state index in [9.17, 15) is 9.18 Å². The fourth-order valence-electron chi connectivity index (χ4n) is 1.11. The molecular weight excluding hydrogens is 334 g/mol. The largest absolute Gasteiger partial charge is 0.350 e. The maximum Gasteiger partial charge on any atom is 0.252 e. The molecule has 1 amide bonds. The van der Waals surface area contributed by atoms with Crippen LogP contribution in [-0.4, -0.2) is 12.5 Å². The maximum absolute atomic E-state index is 12.9. The number of hydrogen-bond acceptors (Lipinski definition) is 2. The average molecular weight is 346 g/mol. The van der Waals surface area contributed by atoms with Gasteiger partial charge in [-0.15, -0.1) is 0 Å². The smallest absolute Gasteiger partial charge is 0.252 e. The zero-order chi connectivity index (χ0) is 13.1. The quantitative estimate of drug-likeness (QED) is 0.856. The lowest BCUT2D eigenvalue weighted by Gasteiger charge is -2.16. The molecule has 0 spiro atoms. The van der Waals surface area contributed by atoms with Crippen LogP contribution in [0.2, 0.25) is 0 Å². The van der Waals surface area contributed by atoms with Crippen molar-refractivity contribution in [2.45, 2.75) is 13.8 Å². The number of nitriles is 1. The predicted octanol–water partition coefficient (Wildman–Crippen LogP) is 2.71. The van der Waals surface area contributed by atoms with Gasteiger partial charge in [-0.1, -0.05) is 0 Å². The van der Waals surface area contributed by atoms with Gasteiger partial charge in [0.2, 0.25) is 0 Å². The van der Waals surface area contributed by atoms with E-state index in [1.54, 1.807) is 13.8 Å². The van der Waals surface area contributed by atoms with E-state index >= 15 is 0 Å². The summed E-state index contributed by atoms with van der Waals surface area (Å²) in [5, 5.41) is 11.5. The molecule has 0 aliphatic heterocycles. The topological polar surface area (TPSA) is 52.9 Å². The van der Waals surface area contributed by atoms with Crippen molar-refractivity contribution in [1.29, 1.82) is 5.26 Å². The molecule has 0 aromatic heterocycles. The van der Waals surface area contributed by atoms with Gasteiger partial charge in [0.1, 0.15) is 5.82 Å². The van der Waals surface area contributed by atoms with Crippen LogP contribution in [-0.2, 0) is 0 Å². The highest BCUT2D eigenvalue weighted by molar-refractivity contribution is 14.1. The summed E-state index contributed by atoms with van der Waals surface area (Å²) in [6.45, 7) is 3.74. The van der Waals surface area contributed by atoms with E-state index in [4.69, 9.17) is 5.26 Å². The second-order valence-electron chi connectivity index (χ2n) is 4.30. The van der Waals surface area contributed by atoms with Crippen molar-refractivity contribution in [3.8, 4) is 6.07 Å². The average Bonchev–Trinajstić information content (AvgIpc) is 2.26. The van der Waals surface area contributed by atoms with Crippen molar-refractivity contribution in [3.63, 3.8) is 0 Å². The van der Waals surface area contributed by atoms with E-state index in [2.05, 4.69) is 11.4 Å². The lowest BCUT2D eigenvalue weighted by Crippen LogP contribution is -2.33. The lowest BCUT2D eigenvalue weighted by molar-refractivity contribution is 0.0943. The Morgan fingerprint density at radius 2 is 2.24 bits per heavy atom. The fourth-order valence-corrected chi connectivity index (χ4v) is 1.83. The van der Waals surface area contributed by atoms with Crippen LogP contribution in [0.3, 0.4) is 0 Å². The van der Waals surface area contributed by atoms with Gasteiger partial charge in [0, 0.05) is 10.1 Å². The SMILES string of the molecule is CC(C)(C#N)CNC(=O)c1ccc(F)cc1I. The van der Waals surface area contributed by atoms with Gasteiger partial charge in [0.25, 0.3) is 5.91 Å². The van der Waals surface area contributed by atoms with Gasteiger partial charge in [-0.3, -0.25) is 4.79 Å². The number of nitrogens with zero attached hydrogens (tertiary/aromatic N) is 1. The highest BCUT2D eigenvalue weighted by Crippen LogP contribution is 2.15. The molecule has 0 atom stereocenters. The van der Waals surface area contributed by atoms with E-state index in [0.717, 1.165) is 0 Å². The molecule has 0 saturated carbocycles. The monoisotopic (exact) mass is 346 g/mol. The Morgan fingerprint density at radius 1 is 1.59 bits per heavy atom. The summed E-state index contributed by atoms with van der Waals surface area (Å²) in [5.41, 5.74) is -0.193. The Labute approximate surface area is 113 Å². The Morgan fingerprint density at radius 3 is 2.76 bits per heavy atom. The molecule has 0 aliphatic carbocycles. The van der Waals surface area contributed by atoms with E-state index in [0.29, 0.717) is 9.13 Å². The predicted molar refractivity (Wildman–Crippen MR) is 70.8 cm³/mol. The minimum Gasteiger partial charge on any atom is -0.350 e. The number of carbonyl (C=O) groups is 1. The number of nitrogens with one attached hydrogen (secondary N) is 1. The summed E-state index contributed by atoms with van der Waals surface area (Å²) in [7, 11) is 0. The van der Waals surface area contributed by atoms with Gasteiger partial charge in [0.15, 0.2) is 0 Å². The van der Waals surface area contributed by atoms with E-state index < -0.39 is 5.41 Å². The standard InChI is InChI=1S/C12H12FIN2O/c1-12(2,6-15)7-16-11(17)9-4-3-8(13)5-10(9)14/h3-5H,7H2,1-2H3,(H,16,17). The first-order chi connectivity index (χ1) is 7.85. The molecule has 0 heterocycles. The van der Waals surface area contributed by atoms with Gasteiger partial charge in [-0.2, -0.15) is 5.26 Å².